The quantitative estimate of drug-likeness (QED) is 0.317. The summed E-state index contributed by atoms with van der Waals surface area (Å²) in [6.45, 7) is 7.58. The number of carbonyl (C=O) groups is 2. The van der Waals surface area contributed by atoms with Crippen LogP contribution in [0.25, 0.3) is 0 Å². The number of ether oxygens (including phenoxy) is 8. The lowest BCUT2D eigenvalue weighted by Crippen LogP contribution is -2.41. The Bertz CT molecular complexity index is 1020. The Balaban J connectivity index is 1.63. The molecule has 10 nitrogen and oxygen atoms in total. The fourth-order valence-electron chi connectivity index (χ4n) is 5.97. The van der Waals surface area contributed by atoms with Gasteiger partial charge in [-0.25, -0.2) is 4.79 Å². The van der Waals surface area contributed by atoms with Gasteiger partial charge < -0.3 is 37.9 Å². The molecule has 3 fully saturated rings. The van der Waals surface area contributed by atoms with E-state index in [2.05, 4.69) is 0 Å². The predicted octanol–water partition coefficient (Wildman–Crippen LogP) is 3.85. The topological polar surface area (TPSA) is 108 Å². The van der Waals surface area contributed by atoms with Crippen LogP contribution < -0.4 is 0 Å². The lowest BCUT2D eigenvalue weighted by molar-refractivity contribution is -0.176. The second-order valence-electron chi connectivity index (χ2n) is 11.7. The number of methoxy groups -OCH3 is 3. The minimum atomic E-state index is -0.809. The summed E-state index contributed by atoms with van der Waals surface area (Å²) in [6, 6.07) is 0. The average molecular weight is 599 g/mol. The van der Waals surface area contributed by atoms with Gasteiger partial charge in [0.15, 0.2) is 11.9 Å². The Hall–Kier alpha value is -1.79. The van der Waals surface area contributed by atoms with E-state index in [-0.39, 0.29) is 30.3 Å². The van der Waals surface area contributed by atoms with Gasteiger partial charge in [-0.15, -0.1) is 0 Å². The van der Waals surface area contributed by atoms with Crippen molar-refractivity contribution in [2.45, 2.75) is 108 Å². The molecule has 41 heavy (non-hydrogen) atoms. The highest BCUT2D eigenvalue weighted by Crippen LogP contribution is 2.40. The van der Waals surface area contributed by atoms with Crippen molar-refractivity contribution in [1.29, 1.82) is 0 Å². The molecule has 0 unspecified atom stereocenters. The SMILES string of the molecule is COC(=O)C[C@@H](C)/C=C/[C@@H](OC)[C@@H]1O[C@@H]2C[C@@H]1OC(=O)[C@@H]1O[C@H](C[C@H]1C)[C@@H]1OC(C)(C)O[C@@H]1/C=C\C=C(/Cl)[C@H]2OC. The molecule has 0 N–H and O–H groups in total. The van der Waals surface area contributed by atoms with Crippen LogP contribution in [0.2, 0.25) is 0 Å². The second kappa shape index (κ2) is 13.7. The monoisotopic (exact) mass is 598 g/mol. The van der Waals surface area contributed by atoms with Crippen molar-refractivity contribution < 1.29 is 47.5 Å². The molecule has 0 amide bonds. The Labute approximate surface area is 247 Å². The number of carbonyl (C=O) groups excluding carboxylic acids is 2. The fraction of sp³-hybridized carbons (Fsp3) is 0.733. The van der Waals surface area contributed by atoms with Crippen LogP contribution in [0.15, 0.2) is 35.4 Å². The van der Waals surface area contributed by atoms with E-state index in [0.29, 0.717) is 17.9 Å². The van der Waals surface area contributed by atoms with E-state index in [1.165, 1.54) is 7.11 Å². The molecule has 230 valence electrons. The maximum Gasteiger partial charge on any atom is 0.335 e. The summed E-state index contributed by atoms with van der Waals surface area (Å²) in [7, 11) is 4.47. The second-order valence-corrected chi connectivity index (χ2v) is 12.1. The first-order chi connectivity index (χ1) is 19.5. The molecule has 0 aromatic carbocycles. The smallest absolute Gasteiger partial charge is 0.335 e. The molecule has 4 aliphatic rings. The number of esters is 2. The first-order valence-corrected chi connectivity index (χ1v) is 14.6. The number of rotatable bonds is 7. The van der Waals surface area contributed by atoms with Crippen molar-refractivity contribution in [2.75, 3.05) is 21.3 Å². The lowest BCUT2D eigenvalue weighted by atomic mass is 9.97. The molecule has 4 aliphatic heterocycles. The van der Waals surface area contributed by atoms with Crippen molar-refractivity contribution in [3.63, 3.8) is 0 Å². The molecule has 11 heteroatoms. The maximum atomic E-state index is 13.6. The first-order valence-electron chi connectivity index (χ1n) is 14.2. The first kappa shape index (κ1) is 32.1. The van der Waals surface area contributed by atoms with E-state index in [0.717, 1.165) is 0 Å². The highest BCUT2D eigenvalue weighted by Gasteiger charge is 2.52. The summed E-state index contributed by atoms with van der Waals surface area (Å²) in [4.78, 5) is 25.2. The standard InChI is InChI=1S/C30H43ClO10/c1-16(13-24(32)35-6)11-12-19(34-5)27-23-15-22(38-27)26(36-7)18(31)9-8-10-20-28(41-30(3,4)40-20)21-14-17(2)25(37-21)29(33)39-23/h8-12,16-17,19-23,25-28H,13-15H2,1-7H3/b10-8-,12-11+,18-9-/t16-,17+,19+,20+,21+,22+,23-,25+,26+,27-,28+/m0/s1. The third kappa shape index (κ3) is 7.60. The maximum absolute atomic E-state index is 13.6. The normalized spacial score (nSPS) is 40.5. The Morgan fingerprint density at radius 3 is 2.56 bits per heavy atom. The van der Waals surface area contributed by atoms with Crippen LogP contribution in [0.5, 0.6) is 0 Å². The molecule has 3 saturated heterocycles. The Morgan fingerprint density at radius 2 is 1.88 bits per heavy atom. The van der Waals surface area contributed by atoms with Gasteiger partial charge >= 0.3 is 11.9 Å². The number of allylic oxidation sites excluding steroid dienone is 3. The number of fused-ring (bicyclic) bond motifs is 6. The zero-order valence-corrected chi connectivity index (χ0v) is 25.6. The van der Waals surface area contributed by atoms with Gasteiger partial charge in [-0.05, 0) is 38.2 Å². The van der Waals surface area contributed by atoms with Gasteiger partial charge in [0.05, 0.1) is 25.7 Å². The van der Waals surface area contributed by atoms with Crippen molar-refractivity contribution in [2.24, 2.45) is 11.8 Å². The Kier molecular flexibility index (Phi) is 10.7. The molecular weight excluding hydrogens is 556 g/mol. The van der Waals surface area contributed by atoms with Crippen LogP contribution >= 0.6 is 11.6 Å². The minimum absolute atomic E-state index is 0.0905. The van der Waals surface area contributed by atoms with Crippen LogP contribution in [0.3, 0.4) is 0 Å². The summed E-state index contributed by atoms with van der Waals surface area (Å²) in [5.74, 6) is -1.77. The van der Waals surface area contributed by atoms with Crippen molar-refractivity contribution in [3.8, 4) is 0 Å². The molecule has 4 bridgehead atoms. The summed E-state index contributed by atoms with van der Waals surface area (Å²) in [6.07, 6.45) is 5.40. The van der Waals surface area contributed by atoms with Gasteiger partial charge in [-0.3, -0.25) is 4.79 Å². The van der Waals surface area contributed by atoms with Gasteiger partial charge in [-0.2, -0.15) is 0 Å². The van der Waals surface area contributed by atoms with E-state index >= 15 is 0 Å². The van der Waals surface area contributed by atoms with Crippen LogP contribution in [-0.2, 0) is 47.5 Å². The van der Waals surface area contributed by atoms with Crippen molar-refractivity contribution in [3.05, 3.63) is 35.4 Å². The molecule has 4 rings (SSSR count). The minimum Gasteiger partial charge on any atom is -0.469 e. The van der Waals surface area contributed by atoms with Gasteiger partial charge in [0.2, 0.25) is 0 Å². The molecule has 11 atom stereocenters. The fourth-order valence-corrected chi connectivity index (χ4v) is 6.28. The molecular formula is C30H43ClO10. The highest BCUT2D eigenvalue weighted by atomic mass is 35.5. The van der Waals surface area contributed by atoms with Crippen molar-refractivity contribution >= 4 is 23.5 Å². The zero-order chi connectivity index (χ0) is 29.9. The summed E-state index contributed by atoms with van der Waals surface area (Å²) < 4.78 is 47.4. The van der Waals surface area contributed by atoms with Crippen LogP contribution in [-0.4, -0.2) is 94.0 Å². The van der Waals surface area contributed by atoms with Crippen molar-refractivity contribution in [1.82, 2.24) is 0 Å². The van der Waals surface area contributed by atoms with Gasteiger partial charge in [0.25, 0.3) is 0 Å². The Morgan fingerprint density at radius 1 is 1.12 bits per heavy atom. The van der Waals surface area contributed by atoms with E-state index < -0.39 is 60.6 Å². The van der Waals surface area contributed by atoms with E-state index in [1.54, 1.807) is 20.3 Å². The van der Waals surface area contributed by atoms with E-state index in [1.807, 2.05) is 52.0 Å². The third-order valence-electron chi connectivity index (χ3n) is 8.00. The molecule has 0 radical (unpaired) electrons. The van der Waals surface area contributed by atoms with Crippen LogP contribution in [0.4, 0.5) is 0 Å². The highest BCUT2D eigenvalue weighted by molar-refractivity contribution is 6.30. The van der Waals surface area contributed by atoms with Gasteiger partial charge in [0, 0.05) is 25.7 Å². The number of hydrogen-bond donors (Lipinski definition) is 0. The number of hydrogen-bond acceptors (Lipinski definition) is 10. The summed E-state index contributed by atoms with van der Waals surface area (Å²) in [5, 5.41) is 0.423. The van der Waals surface area contributed by atoms with Crippen LogP contribution in [0.1, 0.15) is 47.0 Å². The van der Waals surface area contributed by atoms with Gasteiger partial charge in [-0.1, -0.05) is 49.8 Å². The summed E-state index contributed by atoms with van der Waals surface area (Å²) in [5.41, 5.74) is 0. The molecule has 0 aromatic heterocycles. The van der Waals surface area contributed by atoms with Gasteiger partial charge in [0.1, 0.15) is 36.6 Å². The van der Waals surface area contributed by atoms with Crippen LogP contribution in [0, 0.1) is 11.8 Å². The number of halogens is 1. The molecule has 4 heterocycles. The molecule has 0 aromatic rings. The summed E-state index contributed by atoms with van der Waals surface area (Å²) >= 11 is 6.72. The molecule has 0 saturated carbocycles. The van der Waals surface area contributed by atoms with E-state index in [9.17, 15) is 9.59 Å². The van der Waals surface area contributed by atoms with E-state index in [4.69, 9.17) is 49.5 Å². The predicted molar refractivity (Wildman–Crippen MR) is 149 cm³/mol. The lowest BCUT2D eigenvalue weighted by Gasteiger charge is -2.27. The largest absolute Gasteiger partial charge is 0.469 e. The average Bonchev–Trinajstić information content (AvgIpc) is 3.59. The zero-order valence-electron chi connectivity index (χ0n) is 24.8. The molecule has 0 aliphatic carbocycles. The third-order valence-corrected chi connectivity index (χ3v) is 8.34. The molecule has 0 spiro atoms.